The number of halogens is 2. The van der Waals surface area contributed by atoms with Crippen molar-refractivity contribution in [3.8, 4) is 11.4 Å². The van der Waals surface area contributed by atoms with Gasteiger partial charge in [-0.15, -0.1) is 82.2 Å². The quantitative estimate of drug-likeness (QED) is 0.280. The first-order valence-corrected chi connectivity index (χ1v) is 10.9. The molecular weight excluding hydrogens is 550 g/mol. The number of aromatic nitrogens is 2. The molecular formula is C30H22Cl2N2Zr. The van der Waals surface area contributed by atoms with Gasteiger partial charge in [0.15, 0.2) is 0 Å². The average molecular weight is 573 g/mol. The van der Waals surface area contributed by atoms with Crippen LogP contribution in [0.3, 0.4) is 0 Å². The minimum atomic E-state index is 0. The first-order chi connectivity index (χ1) is 15.8. The fourth-order valence-electron chi connectivity index (χ4n) is 4.37. The van der Waals surface area contributed by atoms with Gasteiger partial charge in [0.2, 0.25) is 0 Å². The molecule has 2 aromatic heterocycles. The summed E-state index contributed by atoms with van der Waals surface area (Å²) in [5.41, 5.74) is 3.72. The molecule has 170 valence electrons. The summed E-state index contributed by atoms with van der Waals surface area (Å²) in [5.74, 6) is 0. The van der Waals surface area contributed by atoms with Crippen molar-refractivity contribution in [2.75, 3.05) is 0 Å². The minimum Gasteiger partial charge on any atom is -1.00 e. The van der Waals surface area contributed by atoms with Gasteiger partial charge < -0.3 is 33.9 Å². The topological polar surface area (TPSA) is 9.86 Å². The van der Waals surface area contributed by atoms with E-state index in [9.17, 15) is 0 Å². The van der Waals surface area contributed by atoms with Crippen LogP contribution in [0.15, 0.2) is 134 Å². The van der Waals surface area contributed by atoms with Gasteiger partial charge in [0.1, 0.15) is 0 Å². The maximum absolute atomic E-state index is 2.25. The third kappa shape index (κ3) is 5.38. The molecule has 0 aliphatic carbocycles. The maximum Gasteiger partial charge on any atom is 4.00 e. The Morgan fingerprint density at radius 3 is 1.63 bits per heavy atom. The molecule has 0 atom stereocenters. The van der Waals surface area contributed by atoms with Crippen molar-refractivity contribution >= 4 is 32.4 Å². The van der Waals surface area contributed by atoms with E-state index in [0.29, 0.717) is 0 Å². The summed E-state index contributed by atoms with van der Waals surface area (Å²) >= 11 is 0. The van der Waals surface area contributed by atoms with Crippen molar-refractivity contribution in [3.05, 3.63) is 134 Å². The van der Waals surface area contributed by atoms with Gasteiger partial charge in [0, 0.05) is 18.6 Å². The fourth-order valence-corrected chi connectivity index (χ4v) is 4.37. The normalized spacial score (nSPS) is 10.2. The van der Waals surface area contributed by atoms with Crippen LogP contribution in [0.4, 0.5) is 0 Å². The molecule has 0 radical (unpaired) electrons. The van der Waals surface area contributed by atoms with Crippen molar-refractivity contribution in [1.82, 2.24) is 9.13 Å². The van der Waals surface area contributed by atoms with E-state index in [4.69, 9.17) is 0 Å². The predicted octanol–water partition coefficient (Wildman–Crippen LogP) is 1.86. The van der Waals surface area contributed by atoms with Crippen LogP contribution in [-0.4, -0.2) is 9.13 Å². The third-order valence-corrected chi connectivity index (χ3v) is 5.99. The molecule has 2 nitrogen and oxygen atoms in total. The van der Waals surface area contributed by atoms with Gasteiger partial charge in [0.05, 0.1) is 5.52 Å². The van der Waals surface area contributed by atoms with Crippen molar-refractivity contribution in [2.24, 2.45) is 0 Å². The van der Waals surface area contributed by atoms with Gasteiger partial charge in [-0.3, -0.25) is 0 Å². The zero-order valence-corrected chi connectivity index (χ0v) is 22.8. The Balaban J connectivity index is 0.000000185. The van der Waals surface area contributed by atoms with E-state index < -0.39 is 0 Å². The van der Waals surface area contributed by atoms with Gasteiger partial charge in [0.25, 0.3) is 0 Å². The van der Waals surface area contributed by atoms with Gasteiger partial charge in [-0.2, -0.15) is 0 Å². The minimum absolute atomic E-state index is 0. The second kappa shape index (κ2) is 11.7. The molecule has 0 unspecified atom stereocenters. The van der Waals surface area contributed by atoms with Crippen LogP contribution in [0, 0.1) is 0 Å². The molecule has 5 heteroatoms. The zero-order valence-electron chi connectivity index (χ0n) is 18.9. The Bertz CT molecular complexity index is 1570. The molecule has 0 spiro atoms. The first-order valence-electron chi connectivity index (χ1n) is 10.9. The standard InChI is InChI=1S/C17H12N.C13H10N.2ClH.Zr/c1-2-7-15-12-16(11-14(15)6-1)18-10-9-13-5-3-4-8-17(13)18;1-2-6-12-10-13(9-11(12)5-1)14-7-3-4-8-14;;;/h1-12H;1-10H;2*1H;/q2*-1;;;+4/p-2. The maximum atomic E-state index is 2.25. The van der Waals surface area contributed by atoms with E-state index in [1.807, 2.05) is 12.1 Å². The van der Waals surface area contributed by atoms with Crippen LogP contribution in [0.1, 0.15) is 0 Å². The van der Waals surface area contributed by atoms with E-state index in [0.717, 1.165) is 0 Å². The molecule has 0 amide bonds. The van der Waals surface area contributed by atoms with Crippen LogP contribution in [0.2, 0.25) is 0 Å². The number of hydrogen-bond acceptors (Lipinski definition) is 0. The van der Waals surface area contributed by atoms with Gasteiger partial charge in [-0.25, -0.2) is 0 Å². The predicted molar refractivity (Wildman–Crippen MR) is 135 cm³/mol. The molecule has 7 rings (SSSR count). The number of benzene rings is 3. The molecule has 5 aromatic carbocycles. The number of para-hydroxylation sites is 1. The van der Waals surface area contributed by atoms with Gasteiger partial charge >= 0.3 is 26.2 Å². The molecule has 2 heterocycles. The molecule has 0 bridgehead atoms. The SMILES string of the molecule is [Cl-].[Cl-].[Zr+4].c1ccc2[cH-]c(-n3ccc4ccccc43)cc2c1.c1ccc2[cH-]c(-n3cccc3)cc2c1. The number of hydrogen-bond donors (Lipinski definition) is 0. The number of rotatable bonds is 2. The number of nitrogens with zero attached hydrogens (tertiary/aromatic N) is 2. The van der Waals surface area contributed by atoms with Crippen molar-refractivity contribution in [2.45, 2.75) is 0 Å². The Kier molecular flexibility index (Phi) is 8.97. The zero-order chi connectivity index (χ0) is 21.3. The fraction of sp³-hybridized carbons (Fsp3) is 0. The van der Waals surface area contributed by atoms with Gasteiger partial charge in [-0.05, 0) is 41.0 Å². The van der Waals surface area contributed by atoms with Gasteiger partial charge in [-0.1, -0.05) is 30.3 Å². The van der Waals surface area contributed by atoms with Crippen molar-refractivity contribution in [3.63, 3.8) is 0 Å². The summed E-state index contributed by atoms with van der Waals surface area (Å²) in [4.78, 5) is 0. The summed E-state index contributed by atoms with van der Waals surface area (Å²) in [6.07, 6.45) is 6.27. The van der Waals surface area contributed by atoms with E-state index in [1.165, 1.54) is 43.8 Å². The van der Waals surface area contributed by atoms with E-state index >= 15 is 0 Å². The molecule has 35 heavy (non-hydrogen) atoms. The molecule has 0 fully saturated rings. The molecule has 7 aromatic rings. The average Bonchev–Trinajstić information content (AvgIpc) is 3.63. The first kappa shape index (κ1) is 26.8. The van der Waals surface area contributed by atoms with E-state index in [-0.39, 0.29) is 51.0 Å². The summed E-state index contributed by atoms with van der Waals surface area (Å²) in [7, 11) is 0. The summed E-state index contributed by atoms with van der Waals surface area (Å²) in [5, 5.41) is 6.48. The van der Waals surface area contributed by atoms with Crippen LogP contribution in [0.25, 0.3) is 43.8 Å². The molecule has 0 aliphatic rings. The number of fused-ring (bicyclic) bond motifs is 3. The molecule has 0 N–H and O–H groups in total. The molecule has 0 aliphatic heterocycles. The monoisotopic (exact) mass is 570 g/mol. The molecule has 0 saturated heterocycles. The van der Waals surface area contributed by atoms with Crippen LogP contribution in [-0.2, 0) is 26.2 Å². The second-order valence-electron chi connectivity index (χ2n) is 8.02. The summed E-state index contributed by atoms with van der Waals surface area (Å²) < 4.78 is 4.37. The second-order valence-corrected chi connectivity index (χ2v) is 8.02. The molecule has 0 saturated carbocycles. The van der Waals surface area contributed by atoms with Crippen molar-refractivity contribution < 1.29 is 51.0 Å². The Hall–Kier alpha value is -2.84. The van der Waals surface area contributed by atoms with Crippen LogP contribution >= 0.6 is 0 Å². The van der Waals surface area contributed by atoms with E-state index in [1.54, 1.807) is 0 Å². The third-order valence-electron chi connectivity index (χ3n) is 5.99. The Morgan fingerprint density at radius 1 is 0.486 bits per heavy atom. The van der Waals surface area contributed by atoms with Crippen LogP contribution < -0.4 is 24.8 Å². The summed E-state index contributed by atoms with van der Waals surface area (Å²) in [6, 6.07) is 40.5. The van der Waals surface area contributed by atoms with E-state index in [2.05, 4.69) is 131 Å². The largest absolute Gasteiger partial charge is 4.00 e. The Labute approximate surface area is 236 Å². The smallest absolute Gasteiger partial charge is 1.00 e. The van der Waals surface area contributed by atoms with Crippen molar-refractivity contribution in [1.29, 1.82) is 0 Å². The summed E-state index contributed by atoms with van der Waals surface area (Å²) in [6.45, 7) is 0. The van der Waals surface area contributed by atoms with Crippen LogP contribution in [0.5, 0.6) is 0 Å². The Morgan fingerprint density at radius 2 is 1.00 bits per heavy atom.